The summed E-state index contributed by atoms with van der Waals surface area (Å²) in [4.78, 5) is 24.0. The number of carbonyl (C=O) groups excluding carboxylic acids is 1. The van der Waals surface area contributed by atoms with Crippen LogP contribution < -0.4 is 15.6 Å². The quantitative estimate of drug-likeness (QED) is 0.704. The van der Waals surface area contributed by atoms with Crippen LogP contribution in [0.1, 0.15) is 16.1 Å². The molecule has 0 unspecified atom stereocenters. The van der Waals surface area contributed by atoms with E-state index in [0.717, 1.165) is 11.3 Å². The predicted molar refractivity (Wildman–Crippen MR) is 91.4 cm³/mol. The first-order valence-electron chi connectivity index (χ1n) is 7.60. The largest absolute Gasteiger partial charge is 0.492 e. The van der Waals surface area contributed by atoms with Gasteiger partial charge in [0.05, 0.1) is 11.9 Å². The maximum Gasteiger partial charge on any atom is 0.272 e. The van der Waals surface area contributed by atoms with E-state index in [2.05, 4.69) is 15.5 Å². The van der Waals surface area contributed by atoms with Crippen molar-refractivity contribution < 1.29 is 9.53 Å². The molecule has 6 nitrogen and oxygen atoms in total. The van der Waals surface area contributed by atoms with E-state index in [1.54, 1.807) is 24.3 Å². The van der Waals surface area contributed by atoms with Gasteiger partial charge in [0.1, 0.15) is 12.4 Å². The van der Waals surface area contributed by atoms with E-state index in [1.807, 2.05) is 31.2 Å². The van der Waals surface area contributed by atoms with Gasteiger partial charge in [-0.05, 0) is 30.7 Å². The standard InChI is InChI=1S/C18H17N3O3/c1-12-5-4-6-13(11-12)24-10-9-19-18(23)16-14-7-2-3-8-15(14)17(22)21-20-16/h2-8,11H,9-10H2,1H3,(H,19,23)(H,21,22). The van der Waals surface area contributed by atoms with Gasteiger partial charge in [-0.25, -0.2) is 5.10 Å². The number of fused-ring (bicyclic) bond motifs is 1. The fourth-order valence-electron chi connectivity index (χ4n) is 2.41. The molecule has 122 valence electrons. The summed E-state index contributed by atoms with van der Waals surface area (Å²) in [6.07, 6.45) is 0. The molecule has 0 aliphatic rings. The maximum absolute atomic E-state index is 12.3. The second kappa shape index (κ2) is 6.95. The molecule has 2 N–H and O–H groups in total. The molecule has 0 saturated heterocycles. The Morgan fingerprint density at radius 2 is 1.96 bits per heavy atom. The summed E-state index contributed by atoms with van der Waals surface area (Å²) in [5, 5.41) is 9.92. The Bertz CT molecular complexity index is 934. The number of rotatable bonds is 5. The summed E-state index contributed by atoms with van der Waals surface area (Å²) in [5.74, 6) is 0.409. The van der Waals surface area contributed by atoms with E-state index in [1.165, 1.54) is 0 Å². The zero-order chi connectivity index (χ0) is 16.9. The van der Waals surface area contributed by atoms with Crippen LogP contribution >= 0.6 is 0 Å². The Balaban J connectivity index is 1.64. The predicted octanol–water partition coefficient (Wildman–Crippen LogP) is 2.04. The molecule has 1 aromatic heterocycles. The molecule has 3 aromatic rings. The molecule has 2 aromatic carbocycles. The van der Waals surface area contributed by atoms with Gasteiger partial charge >= 0.3 is 0 Å². The highest BCUT2D eigenvalue weighted by atomic mass is 16.5. The van der Waals surface area contributed by atoms with Crippen LogP contribution in [0.25, 0.3) is 10.8 Å². The molecule has 0 radical (unpaired) electrons. The van der Waals surface area contributed by atoms with Crippen molar-refractivity contribution >= 4 is 16.7 Å². The monoisotopic (exact) mass is 323 g/mol. The normalized spacial score (nSPS) is 10.5. The number of nitrogens with one attached hydrogen (secondary N) is 2. The van der Waals surface area contributed by atoms with Crippen LogP contribution in [0.2, 0.25) is 0 Å². The lowest BCUT2D eigenvalue weighted by Crippen LogP contribution is -2.30. The Morgan fingerprint density at radius 1 is 1.17 bits per heavy atom. The molecule has 0 saturated carbocycles. The number of carbonyl (C=O) groups is 1. The summed E-state index contributed by atoms with van der Waals surface area (Å²) < 4.78 is 5.59. The molecule has 24 heavy (non-hydrogen) atoms. The minimum Gasteiger partial charge on any atom is -0.492 e. The topological polar surface area (TPSA) is 84.1 Å². The smallest absolute Gasteiger partial charge is 0.272 e. The Labute approximate surface area is 138 Å². The van der Waals surface area contributed by atoms with Crippen molar-refractivity contribution in [2.75, 3.05) is 13.2 Å². The first-order valence-corrected chi connectivity index (χ1v) is 7.60. The average molecular weight is 323 g/mol. The number of amides is 1. The number of hydrogen-bond donors (Lipinski definition) is 2. The minimum atomic E-state index is -0.352. The number of aromatic nitrogens is 2. The van der Waals surface area contributed by atoms with Gasteiger partial charge in [0.2, 0.25) is 0 Å². The van der Waals surface area contributed by atoms with E-state index < -0.39 is 0 Å². The molecule has 0 bridgehead atoms. The molecular weight excluding hydrogens is 306 g/mol. The van der Waals surface area contributed by atoms with E-state index in [0.29, 0.717) is 23.9 Å². The summed E-state index contributed by atoms with van der Waals surface area (Å²) in [5.41, 5.74) is 0.992. The molecular formula is C18H17N3O3. The summed E-state index contributed by atoms with van der Waals surface area (Å²) in [6, 6.07) is 14.6. The second-order valence-corrected chi connectivity index (χ2v) is 5.37. The molecule has 0 spiro atoms. The third kappa shape index (κ3) is 3.43. The van der Waals surface area contributed by atoms with Crippen molar-refractivity contribution in [2.24, 2.45) is 0 Å². The number of H-pyrrole nitrogens is 1. The third-order valence-corrected chi connectivity index (χ3v) is 3.56. The summed E-state index contributed by atoms with van der Waals surface area (Å²) in [6.45, 7) is 2.67. The van der Waals surface area contributed by atoms with E-state index in [9.17, 15) is 9.59 Å². The zero-order valence-corrected chi connectivity index (χ0v) is 13.2. The first kappa shape index (κ1) is 15.7. The Hall–Kier alpha value is -3.15. The molecule has 0 fully saturated rings. The number of hydrogen-bond acceptors (Lipinski definition) is 4. The Morgan fingerprint density at radius 3 is 2.75 bits per heavy atom. The lowest BCUT2D eigenvalue weighted by molar-refractivity contribution is 0.0943. The highest BCUT2D eigenvalue weighted by Gasteiger charge is 2.13. The van der Waals surface area contributed by atoms with Gasteiger partial charge in [0.15, 0.2) is 5.69 Å². The van der Waals surface area contributed by atoms with Crippen LogP contribution in [-0.2, 0) is 0 Å². The van der Waals surface area contributed by atoms with Crippen LogP contribution in [0, 0.1) is 6.92 Å². The lowest BCUT2D eigenvalue weighted by Gasteiger charge is -2.09. The lowest BCUT2D eigenvalue weighted by atomic mass is 10.1. The fraction of sp³-hybridized carbons (Fsp3) is 0.167. The van der Waals surface area contributed by atoms with Crippen molar-refractivity contribution in [2.45, 2.75) is 6.92 Å². The third-order valence-electron chi connectivity index (χ3n) is 3.56. The van der Waals surface area contributed by atoms with Crippen molar-refractivity contribution in [3.8, 4) is 5.75 Å². The van der Waals surface area contributed by atoms with Crippen molar-refractivity contribution in [3.05, 3.63) is 70.1 Å². The van der Waals surface area contributed by atoms with Gasteiger partial charge in [0, 0.05) is 5.39 Å². The van der Waals surface area contributed by atoms with Crippen LogP contribution in [0.4, 0.5) is 0 Å². The highest BCUT2D eigenvalue weighted by Crippen LogP contribution is 2.13. The number of nitrogens with zero attached hydrogens (tertiary/aromatic N) is 1. The van der Waals surface area contributed by atoms with Gasteiger partial charge in [-0.15, -0.1) is 0 Å². The zero-order valence-electron chi connectivity index (χ0n) is 13.2. The molecule has 1 heterocycles. The fourth-order valence-corrected chi connectivity index (χ4v) is 2.41. The molecule has 0 aliphatic carbocycles. The molecule has 0 aliphatic heterocycles. The summed E-state index contributed by atoms with van der Waals surface area (Å²) >= 11 is 0. The van der Waals surface area contributed by atoms with Crippen LogP contribution in [-0.4, -0.2) is 29.3 Å². The minimum absolute atomic E-state index is 0.195. The molecule has 6 heteroatoms. The number of benzene rings is 2. The van der Waals surface area contributed by atoms with E-state index >= 15 is 0 Å². The van der Waals surface area contributed by atoms with Gasteiger partial charge in [0.25, 0.3) is 11.5 Å². The number of ether oxygens (including phenoxy) is 1. The first-order chi connectivity index (χ1) is 11.6. The van der Waals surface area contributed by atoms with Gasteiger partial charge in [-0.1, -0.05) is 30.3 Å². The molecule has 1 amide bonds. The second-order valence-electron chi connectivity index (χ2n) is 5.37. The van der Waals surface area contributed by atoms with Crippen molar-refractivity contribution in [3.63, 3.8) is 0 Å². The van der Waals surface area contributed by atoms with Crippen molar-refractivity contribution in [1.82, 2.24) is 15.5 Å². The molecule has 0 atom stereocenters. The maximum atomic E-state index is 12.3. The highest BCUT2D eigenvalue weighted by molar-refractivity contribution is 6.04. The molecule has 3 rings (SSSR count). The van der Waals surface area contributed by atoms with Gasteiger partial charge < -0.3 is 10.1 Å². The van der Waals surface area contributed by atoms with Crippen molar-refractivity contribution in [1.29, 1.82) is 0 Å². The summed E-state index contributed by atoms with van der Waals surface area (Å²) in [7, 11) is 0. The van der Waals surface area contributed by atoms with Crippen LogP contribution in [0.3, 0.4) is 0 Å². The van der Waals surface area contributed by atoms with Gasteiger partial charge in [-0.3, -0.25) is 9.59 Å². The number of aryl methyl sites for hydroxylation is 1. The van der Waals surface area contributed by atoms with E-state index in [4.69, 9.17) is 4.74 Å². The number of aromatic amines is 1. The van der Waals surface area contributed by atoms with Crippen LogP contribution in [0.15, 0.2) is 53.3 Å². The SMILES string of the molecule is Cc1cccc(OCCNC(=O)c2n[nH]c(=O)c3ccccc23)c1. The van der Waals surface area contributed by atoms with Gasteiger partial charge in [-0.2, -0.15) is 5.10 Å². The van der Waals surface area contributed by atoms with Crippen LogP contribution in [0.5, 0.6) is 5.75 Å². The van der Waals surface area contributed by atoms with E-state index in [-0.39, 0.29) is 17.2 Å². The average Bonchev–Trinajstić information content (AvgIpc) is 2.59. The Kier molecular flexibility index (Phi) is 4.56.